The molecule has 0 spiro atoms. The van der Waals surface area contributed by atoms with Crippen LogP contribution in [0.3, 0.4) is 0 Å². The number of carbonyl (C=O) groups is 1. The zero-order valence-electron chi connectivity index (χ0n) is 8.28. The lowest BCUT2D eigenvalue weighted by molar-refractivity contribution is 0.0562. The van der Waals surface area contributed by atoms with Crippen LogP contribution >= 0.6 is 11.6 Å². The van der Waals surface area contributed by atoms with Crippen molar-refractivity contribution in [2.24, 2.45) is 0 Å². The molecule has 6 heteroatoms. The maximum Gasteiger partial charge on any atom is 0.254 e. The Morgan fingerprint density at radius 1 is 1.62 bits per heavy atom. The Balaban J connectivity index is 2.05. The summed E-state index contributed by atoms with van der Waals surface area (Å²) in [6, 6.07) is 0.974. The van der Waals surface area contributed by atoms with Gasteiger partial charge < -0.3 is 10.4 Å². The van der Waals surface area contributed by atoms with Gasteiger partial charge in [-0.15, -0.1) is 0 Å². The van der Waals surface area contributed by atoms with Gasteiger partial charge in [-0.3, -0.25) is 4.79 Å². The maximum absolute atomic E-state index is 12.9. The van der Waals surface area contributed by atoms with Crippen LogP contribution in [0.4, 0.5) is 4.39 Å². The second kappa shape index (κ2) is 4.35. The van der Waals surface area contributed by atoms with Crippen LogP contribution in [0.1, 0.15) is 23.2 Å². The number of aromatic nitrogens is 1. The molecule has 1 aromatic rings. The van der Waals surface area contributed by atoms with Crippen molar-refractivity contribution in [1.82, 2.24) is 10.3 Å². The molecule has 1 fully saturated rings. The molecule has 0 radical (unpaired) electrons. The van der Waals surface area contributed by atoms with E-state index in [1.165, 1.54) is 0 Å². The lowest BCUT2D eigenvalue weighted by Gasteiger charge is -2.31. The predicted octanol–water partition coefficient (Wildman–Crippen LogP) is 1.13. The van der Waals surface area contributed by atoms with Gasteiger partial charge in [-0.1, -0.05) is 11.6 Å². The van der Waals surface area contributed by atoms with E-state index in [-0.39, 0.29) is 22.9 Å². The highest BCUT2D eigenvalue weighted by Crippen LogP contribution is 2.21. The smallest absolute Gasteiger partial charge is 0.254 e. The minimum atomic E-state index is -0.608. The number of hydrogen-bond donors (Lipinski definition) is 2. The first-order valence-electron chi connectivity index (χ1n) is 4.86. The van der Waals surface area contributed by atoms with Crippen molar-refractivity contribution in [3.8, 4) is 0 Å². The third-order valence-corrected chi connectivity index (χ3v) is 2.80. The van der Waals surface area contributed by atoms with Gasteiger partial charge in [0.15, 0.2) is 0 Å². The standard InChI is InChI=1S/C10H10ClFN2O2/c11-9-8(1-5(12)4-13-9)10(16)14-6-2-7(15)3-6/h1,4,6-7,15H,2-3H2,(H,14,16). The third kappa shape index (κ3) is 2.31. The number of hydrogen-bond acceptors (Lipinski definition) is 3. The molecule has 2 N–H and O–H groups in total. The molecule has 16 heavy (non-hydrogen) atoms. The van der Waals surface area contributed by atoms with Gasteiger partial charge in [-0.2, -0.15) is 0 Å². The van der Waals surface area contributed by atoms with Crippen LogP contribution in [-0.4, -0.2) is 28.1 Å². The van der Waals surface area contributed by atoms with Gasteiger partial charge in [0, 0.05) is 6.04 Å². The lowest BCUT2D eigenvalue weighted by atomic mass is 9.89. The van der Waals surface area contributed by atoms with Crippen LogP contribution in [0, 0.1) is 5.82 Å². The normalized spacial score (nSPS) is 23.7. The molecule has 1 aromatic heterocycles. The lowest BCUT2D eigenvalue weighted by Crippen LogP contribution is -2.46. The van der Waals surface area contributed by atoms with Gasteiger partial charge in [0.25, 0.3) is 5.91 Å². The molecule has 0 aliphatic heterocycles. The molecule has 2 rings (SSSR count). The highest BCUT2D eigenvalue weighted by Gasteiger charge is 2.29. The summed E-state index contributed by atoms with van der Waals surface area (Å²) in [5, 5.41) is 11.7. The van der Waals surface area contributed by atoms with Crippen molar-refractivity contribution in [2.75, 3.05) is 0 Å². The molecule has 86 valence electrons. The highest BCUT2D eigenvalue weighted by molar-refractivity contribution is 6.32. The van der Waals surface area contributed by atoms with Gasteiger partial charge >= 0.3 is 0 Å². The quantitative estimate of drug-likeness (QED) is 0.767. The fourth-order valence-corrected chi connectivity index (χ4v) is 1.74. The summed E-state index contributed by atoms with van der Waals surface area (Å²) in [6.45, 7) is 0. The van der Waals surface area contributed by atoms with Gasteiger partial charge in [0.2, 0.25) is 0 Å². The predicted molar refractivity (Wildman–Crippen MR) is 55.7 cm³/mol. The first kappa shape index (κ1) is 11.3. The summed E-state index contributed by atoms with van der Waals surface area (Å²) < 4.78 is 12.9. The summed E-state index contributed by atoms with van der Waals surface area (Å²) in [5.41, 5.74) is 0.0167. The second-order valence-electron chi connectivity index (χ2n) is 3.79. The molecule has 4 nitrogen and oxygen atoms in total. The van der Waals surface area contributed by atoms with Crippen LogP contribution in [0.15, 0.2) is 12.3 Å². The molecule has 0 bridgehead atoms. The van der Waals surface area contributed by atoms with Crippen molar-refractivity contribution in [2.45, 2.75) is 25.0 Å². The van der Waals surface area contributed by atoms with Crippen LogP contribution in [-0.2, 0) is 0 Å². The van der Waals surface area contributed by atoms with E-state index in [9.17, 15) is 9.18 Å². The summed E-state index contributed by atoms with van der Waals surface area (Å²) in [5.74, 6) is -1.07. The Kier molecular flexibility index (Phi) is 3.07. The first-order chi connectivity index (χ1) is 7.56. The molecule has 1 amide bonds. The molecular weight excluding hydrogens is 235 g/mol. The Morgan fingerprint density at radius 2 is 2.31 bits per heavy atom. The Morgan fingerprint density at radius 3 is 2.94 bits per heavy atom. The monoisotopic (exact) mass is 244 g/mol. The number of nitrogens with zero attached hydrogens (tertiary/aromatic N) is 1. The Hall–Kier alpha value is -1.20. The van der Waals surface area contributed by atoms with Crippen molar-refractivity contribution >= 4 is 17.5 Å². The van der Waals surface area contributed by atoms with Crippen LogP contribution in [0.25, 0.3) is 0 Å². The number of aliphatic hydroxyl groups excluding tert-OH is 1. The average Bonchev–Trinajstić information content (AvgIpc) is 2.19. The fourth-order valence-electron chi connectivity index (χ4n) is 1.55. The Labute approximate surface area is 96.4 Å². The third-order valence-electron chi connectivity index (χ3n) is 2.50. The molecule has 0 saturated heterocycles. The largest absolute Gasteiger partial charge is 0.393 e. The number of halogens is 2. The minimum Gasteiger partial charge on any atom is -0.393 e. The van der Waals surface area contributed by atoms with Crippen LogP contribution in [0.2, 0.25) is 5.15 Å². The molecule has 1 saturated carbocycles. The topological polar surface area (TPSA) is 62.2 Å². The van der Waals surface area contributed by atoms with Crippen molar-refractivity contribution in [1.29, 1.82) is 0 Å². The van der Waals surface area contributed by atoms with Crippen molar-refractivity contribution in [3.05, 3.63) is 28.8 Å². The number of amides is 1. The molecule has 0 aromatic carbocycles. The zero-order valence-corrected chi connectivity index (χ0v) is 9.04. The minimum absolute atomic E-state index is 0.0167. The van der Waals surface area contributed by atoms with E-state index in [0.717, 1.165) is 12.3 Å². The summed E-state index contributed by atoms with van der Waals surface area (Å²) in [4.78, 5) is 15.2. The molecule has 1 aliphatic rings. The van der Waals surface area contributed by atoms with Gasteiger partial charge in [-0.25, -0.2) is 9.37 Å². The van der Waals surface area contributed by atoms with Crippen LogP contribution in [0.5, 0.6) is 0 Å². The first-order valence-corrected chi connectivity index (χ1v) is 5.24. The zero-order chi connectivity index (χ0) is 11.7. The average molecular weight is 245 g/mol. The maximum atomic E-state index is 12.9. The summed E-state index contributed by atoms with van der Waals surface area (Å²) >= 11 is 5.68. The number of aliphatic hydroxyl groups is 1. The highest BCUT2D eigenvalue weighted by atomic mass is 35.5. The number of nitrogens with one attached hydrogen (secondary N) is 1. The van der Waals surface area contributed by atoms with E-state index in [0.29, 0.717) is 12.8 Å². The van der Waals surface area contributed by atoms with E-state index >= 15 is 0 Å². The van der Waals surface area contributed by atoms with E-state index in [1.54, 1.807) is 0 Å². The Bertz CT molecular complexity index is 421. The van der Waals surface area contributed by atoms with E-state index in [4.69, 9.17) is 16.7 Å². The van der Waals surface area contributed by atoms with E-state index < -0.39 is 11.7 Å². The van der Waals surface area contributed by atoms with Crippen molar-refractivity contribution in [3.63, 3.8) is 0 Å². The van der Waals surface area contributed by atoms with Gasteiger partial charge in [-0.05, 0) is 18.9 Å². The molecule has 1 aliphatic carbocycles. The number of rotatable bonds is 2. The second-order valence-corrected chi connectivity index (χ2v) is 4.15. The SMILES string of the molecule is O=C(NC1CC(O)C1)c1cc(F)cnc1Cl. The number of carbonyl (C=O) groups excluding carboxylic acids is 1. The fraction of sp³-hybridized carbons (Fsp3) is 0.400. The molecule has 0 atom stereocenters. The summed E-state index contributed by atoms with van der Waals surface area (Å²) in [7, 11) is 0. The number of pyridine rings is 1. The van der Waals surface area contributed by atoms with E-state index in [2.05, 4.69) is 10.3 Å². The molecular formula is C10H10ClFN2O2. The van der Waals surface area contributed by atoms with Gasteiger partial charge in [0.05, 0.1) is 17.9 Å². The van der Waals surface area contributed by atoms with Crippen LogP contribution < -0.4 is 5.32 Å². The summed E-state index contributed by atoms with van der Waals surface area (Å²) in [6.07, 6.45) is 1.64. The van der Waals surface area contributed by atoms with Crippen molar-refractivity contribution < 1.29 is 14.3 Å². The van der Waals surface area contributed by atoms with Gasteiger partial charge in [0.1, 0.15) is 11.0 Å². The van der Waals surface area contributed by atoms with E-state index in [1.807, 2.05) is 0 Å². The molecule has 0 unspecified atom stereocenters. The molecule has 1 heterocycles.